The Bertz CT molecular complexity index is 746. The van der Waals surface area contributed by atoms with Crippen LogP contribution >= 0.6 is 0 Å². The topological polar surface area (TPSA) is 41.4 Å². The molecule has 1 aromatic heterocycles. The van der Waals surface area contributed by atoms with Crippen LogP contribution in [0.3, 0.4) is 0 Å². The van der Waals surface area contributed by atoms with Crippen LogP contribution in [0.25, 0.3) is 0 Å². The van der Waals surface area contributed by atoms with E-state index in [1.165, 1.54) is 11.1 Å². The molecular weight excluding hydrogens is 312 g/mol. The highest BCUT2D eigenvalue weighted by atomic mass is 16.2. The SMILES string of the molecule is Cn1ccnc1CN1CCN(C(=O)C[C@H]2CCc3ccccc32)CC1. The summed E-state index contributed by atoms with van der Waals surface area (Å²) in [7, 11) is 2.03. The molecule has 2 aliphatic rings. The predicted octanol–water partition coefficient (Wildman–Crippen LogP) is 2.18. The summed E-state index contributed by atoms with van der Waals surface area (Å²) in [5.74, 6) is 1.81. The van der Waals surface area contributed by atoms with Crippen LogP contribution in [-0.2, 0) is 24.8 Å². The van der Waals surface area contributed by atoms with Crippen molar-refractivity contribution in [1.82, 2.24) is 19.4 Å². The molecule has 4 rings (SSSR count). The number of amides is 1. The second kappa shape index (κ2) is 7.00. The van der Waals surface area contributed by atoms with E-state index in [9.17, 15) is 4.79 Å². The van der Waals surface area contributed by atoms with Crippen LogP contribution in [0, 0.1) is 0 Å². The minimum absolute atomic E-state index is 0.318. The van der Waals surface area contributed by atoms with Crippen molar-refractivity contribution in [2.75, 3.05) is 26.2 Å². The van der Waals surface area contributed by atoms with Crippen LogP contribution in [0.4, 0.5) is 0 Å². The predicted molar refractivity (Wildman–Crippen MR) is 97.2 cm³/mol. The molecule has 0 spiro atoms. The fourth-order valence-corrected chi connectivity index (χ4v) is 4.10. The smallest absolute Gasteiger partial charge is 0.223 e. The van der Waals surface area contributed by atoms with Crippen LogP contribution in [0.15, 0.2) is 36.7 Å². The molecule has 1 fully saturated rings. The van der Waals surface area contributed by atoms with E-state index in [0.717, 1.165) is 51.4 Å². The maximum absolute atomic E-state index is 12.7. The maximum atomic E-state index is 12.7. The van der Waals surface area contributed by atoms with Crippen molar-refractivity contribution in [3.05, 3.63) is 53.6 Å². The lowest BCUT2D eigenvalue weighted by Crippen LogP contribution is -2.48. The number of nitrogens with zero attached hydrogens (tertiary/aromatic N) is 4. The van der Waals surface area contributed by atoms with Crippen LogP contribution in [-0.4, -0.2) is 51.4 Å². The third-order valence-electron chi connectivity index (χ3n) is 5.69. The highest BCUT2D eigenvalue weighted by Gasteiger charge is 2.28. The van der Waals surface area contributed by atoms with Crippen molar-refractivity contribution in [3.63, 3.8) is 0 Å². The summed E-state index contributed by atoms with van der Waals surface area (Å²) >= 11 is 0. The molecule has 5 nitrogen and oxygen atoms in total. The summed E-state index contributed by atoms with van der Waals surface area (Å²) < 4.78 is 2.06. The lowest BCUT2D eigenvalue weighted by molar-refractivity contribution is -0.133. The number of aromatic nitrogens is 2. The summed E-state index contributed by atoms with van der Waals surface area (Å²) in [4.78, 5) is 21.6. The molecule has 132 valence electrons. The van der Waals surface area contributed by atoms with Gasteiger partial charge in [0.2, 0.25) is 5.91 Å². The van der Waals surface area contributed by atoms with E-state index >= 15 is 0 Å². The van der Waals surface area contributed by atoms with Crippen LogP contribution in [0.2, 0.25) is 0 Å². The molecule has 1 amide bonds. The Kier molecular flexibility index (Phi) is 4.57. The Morgan fingerprint density at radius 1 is 1.20 bits per heavy atom. The van der Waals surface area contributed by atoms with Gasteiger partial charge in [-0.15, -0.1) is 0 Å². The Morgan fingerprint density at radius 3 is 2.76 bits per heavy atom. The van der Waals surface area contributed by atoms with Gasteiger partial charge in [0, 0.05) is 52.0 Å². The first-order chi connectivity index (χ1) is 12.2. The molecule has 25 heavy (non-hydrogen) atoms. The maximum Gasteiger partial charge on any atom is 0.223 e. The Morgan fingerprint density at radius 2 is 2.00 bits per heavy atom. The fraction of sp³-hybridized carbons (Fsp3) is 0.500. The van der Waals surface area contributed by atoms with Crippen molar-refractivity contribution in [2.45, 2.75) is 31.7 Å². The molecule has 1 saturated heterocycles. The molecule has 0 saturated carbocycles. The Balaban J connectivity index is 1.29. The summed E-state index contributed by atoms with van der Waals surface area (Å²) in [6, 6.07) is 8.60. The monoisotopic (exact) mass is 338 g/mol. The average molecular weight is 338 g/mol. The second-order valence-electron chi connectivity index (χ2n) is 7.25. The first-order valence-electron chi connectivity index (χ1n) is 9.25. The van der Waals surface area contributed by atoms with Gasteiger partial charge in [-0.25, -0.2) is 4.98 Å². The minimum atomic E-state index is 0.318. The highest BCUT2D eigenvalue weighted by Crippen LogP contribution is 2.35. The quantitative estimate of drug-likeness (QED) is 0.858. The molecule has 5 heteroatoms. The van der Waals surface area contributed by atoms with E-state index in [4.69, 9.17) is 0 Å². The van der Waals surface area contributed by atoms with Gasteiger partial charge in [0.15, 0.2) is 0 Å². The van der Waals surface area contributed by atoms with E-state index in [2.05, 4.69) is 43.6 Å². The van der Waals surface area contributed by atoms with Crippen LogP contribution in [0.1, 0.15) is 35.7 Å². The lowest BCUT2D eigenvalue weighted by Gasteiger charge is -2.35. The van der Waals surface area contributed by atoms with Crippen molar-refractivity contribution in [1.29, 1.82) is 0 Å². The first-order valence-corrected chi connectivity index (χ1v) is 9.25. The van der Waals surface area contributed by atoms with E-state index in [1.54, 1.807) is 0 Å². The number of hydrogen-bond acceptors (Lipinski definition) is 3. The summed E-state index contributed by atoms with van der Waals surface area (Å²) in [6.45, 7) is 4.39. The number of rotatable bonds is 4. The molecule has 1 aromatic carbocycles. The molecule has 0 N–H and O–H groups in total. The third kappa shape index (κ3) is 3.47. The summed E-state index contributed by atoms with van der Waals surface area (Å²) in [5.41, 5.74) is 2.82. The van der Waals surface area contributed by atoms with Gasteiger partial charge in [-0.3, -0.25) is 9.69 Å². The van der Waals surface area contributed by atoms with E-state index < -0.39 is 0 Å². The molecule has 0 bridgehead atoms. The van der Waals surface area contributed by atoms with Crippen molar-refractivity contribution in [3.8, 4) is 0 Å². The summed E-state index contributed by atoms with van der Waals surface area (Å²) in [5, 5.41) is 0. The normalized spacial score (nSPS) is 20.7. The van der Waals surface area contributed by atoms with Gasteiger partial charge < -0.3 is 9.47 Å². The van der Waals surface area contributed by atoms with Gasteiger partial charge in [-0.05, 0) is 29.9 Å². The van der Waals surface area contributed by atoms with E-state index in [1.807, 2.05) is 19.4 Å². The van der Waals surface area contributed by atoms with E-state index in [-0.39, 0.29) is 0 Å². The largest absolute Gasteiger partial charge is 0.340 e. The molecule has 1 aliphatic heterocycles. The zero-order valence-corrected chi connectivity index (χ0v) is 14.9. The van der Waals surface area contributed by atoms with Crippen LogP contribution in [0.5, 0.6) is 0 Å². The minimum Gasteiger partial charge on any atom is -0.340 e. The standard InChI is InChI=1S/C20H26N4O/c1-22-9-8-21-19(22)15-23-10-12-24(13-11-23)20(25)14-17-7-6-16-4-2-3-5-18(16)17/h2-5,8-9,17H,6-7,10-15H2,1H3/t17-/m1/s1. The molecule has 2 heterocycles. The Hall–Kier alpha value is -2.14. The number of hydrogen-bond donors (Lipinski definition) is 0. The number of benzene rings is 1. The molecule has 0 unspecified atom stereocenters. The number of carbonyl (C=O) groups is 1. The summed E-state index contributed by atoms with van der Waals surface area (Å²) in [6.07, 6.45) is 6.72. The van der Waals surface area contributed by atoms with Gasteiger partial charge in [0.05, 0.1) is 6.54 Å². The second-order valence-corrected chi connectivity index (χ2v) is 7.25. The Labute approximate surface area is 149 Å². The van der Waals surface area contributed by atoms with Gasteiger partial charge >= 0.3 is 0 Å². The van der Waals surface area contributed by atoms with Crippen molar-refractivity contribution < 1.29 is 4.79 Å². The van der Waals surface area contributed by atoms with Crippen molar-refractivity contribution >= 4 is 5.91 Å². The zero-order valence-electron chi connectivity index (χ0n) is 14.9. The molecule has 1 aliphatic carbocycles. The fourth-order valence-electron chi connectivity index (χ4n) is 4.10. The lowest BCUT2D eigenvalue weighted by atomic mass is 9.97. The number of imidazole rings is 1. The molecular formula is C20H26N4O. The third-order valence-corrected chi connectivity index (χ3v) is 5.69. The van der Waals surface area contributed by atoms with E-state index in [0.29, 0.717) is 18.2 Å². The van der Waals surface area contributed by atoms with Gasteiger partial charge in [0.25, 0.3) is 0 Å². The van der Waals surface area contributed by atoms with Crippen molar-refractivity contribution in [2.24, 2.45) is 7.05 Å². The number of fused-ring (bicyclic) bond motifs is 1. The molecule has 0 radical (unpaired) electrons. The number of aryl methyl sites for hydroxylation is 2. The molecule has 1 atom stereocenters. The highest BCUT2D eigenvalue weighted by molar-refractivity contribution is 5.77. The van der Waals surface area contributed by atoms with Crippen LogP contribution < -0.4 is 0 Å². The van der Waals surface area contributed by atoms with Gasteiger partial charge in [0.1, 0.15) is 5.82 Å². The molecule has 2 aromatic rings. The van der Waals surface area contributed by atoms with Gasteiger partial charge in [-0.1, -0.05) is 24.3 Å². The average Bonchev–Trinajstić information content (AvgIpc) is 3.22. The van der Waals surface area contributed by atoms with Gasteiger partial charge in [-0.2, -0.15) is 0 Å². The number of carbonyl (C=O) groups excluding carboxylic acids is 1. The number of piperazine rings is 1. The zero-order chi connectivity index (χ0) is 17.2. The first kappa shape index (κ1) is 16.3.